The zero-order valence-corrected chi connectivity index (χ0v) is 19.0. The summed E-state index contributed by atoms with van der Waals surface area (Å²) < 4.78 is 11.1. The minimum Gasteiger partial charge on any atom is -0.492 e. The lowest BCUT2D eigenvalue weighted by Crippen LogP contribution is -2.46. The number of aliphatic carboxylic acids is 1. The second kappa shape index (κ2) is 13.9. The van der Waals surface area contributed by atoms with E-state index in [4.69, 9.17) is 9.47 Å². The minimum absolute atomic E-state index is 0.0634. The summed E-state index contributed by atoms with van der Waals surface area (Å²) in [6.07, 6.45) is 1.52. The molecular weight excluding hydrogens is 384 g/mol. The van der Waals surface area contributed by atoms with Crippen molar-refractivity contribution in [1.29, 1.82) is 0 Å². The highest BCUT2D eigenvalue weighted by atomic mass is 16.5. The van der Waals surface area contributed by atoms with Gasteiger partial charge in [0.1, 0.15) is 12.4 Å². The molecule has 0 spiro atoms. The predicted octanol–water partition coefficient (Wildman–Crippen LogP) is 3.95. The molecule has 0 saturated carbocycles. The molecule has 0 aliphatic rings. The molecule has 0 bridgehead atoms. The summed E-state index contributed by atoms with van der Waals surface area (Å²) in [5, 5.41) is 12.2. The van der Waals surface area contributed by atoms with Crippen LogP contribution in [0.4, 0.5) is 4.79 Å². The Labute approximate surface area is 180 Å². The van der Waals surface area contributed by atoms with Gasteiger partial charge in [-0.25, -0.2) is 9.59 Å². The summed E-state index contributed by atoms with van der Waals surface area (Å²) in [4.78, 5) is 25.6. The maximum absolute atomic E-state index is 12.5. The minimum atomic E-state index is -0.964. The number of carboxylic acid groups (broad SMARTS) is 1. The Hall–Kier alpha value is -2.28. The first kappa shape index (κ1) is 25.8. The molecule has 7 nitrogen and oxygen atoms in total. The average Bonchev–Trinajstić information content (AvgIpc) is 2.70. The van der Waals surface area contributed by atoms with E-state index in [-0.39, 0.29) is 12.1 Å². The molecular formula is C23H38N2O5. The van der Waals surface area contributed by atoms with Crippen molar-refractivity contribution in [2.45, 2.75) is 66.0 Å². The lowest BCUT2D eigenvalue weighted by molar-refractivity contribution is -0.149. The van der Waals surface area contributed by atoms with Crippen LogP contribution in [0.3, 0.4) is 0 Å². The van der Waals surface area contributed by atoms with E-state index in [1.54, 1.807) is 6.92 Å². The number of carbonyl (C=O) groups excluding carboxylic acids is 1. The van der Waals surface area contributed by atoms with Crippen molar-refractivity contribution in [2.24, 2.45) is 5.92 Å². The summed E-state index contributed by atoms with van der Waals surface area (Å²) >= 11 is 0. The van der Waals surface area contributed by atoms with Crippen LogP contribution in [0.15, 0.2) is 24.3 Å². The third-order valence-corrected chi connectivity index (χ3v) is 4.95. The first-order valence-electron chi connectivity index (χ1n) is 10.9. The number of nitrogens with one attached hydrogen (secondary N) is 1. The highest BCUT2D eigenvalue weighted by Gasteiger charge is 2.19. The van der Waals surface area contributed by atoms with Crippen molar-refractivity contribution in [1.82, 2.24) is 10.2 Å². The molecule has 2 amide bonds. The zero-order valence-electron chi connectivity index (χ0n) is 19.0. The predicted molar refractivity (Wildman–Crippen MR) is 118 cm³/mol. The first-order valence-corrected chi connectivity index (χ1v) is 10.9. The Kier molecular flexibility index (Phi) is 11.9. The molecule has 0 radical (unpaired) electrons. The number of urea groups is 1. The van der Waals surface area contributed by atoms with E-state index in [1.165, 1.54) is 0 Å². The lowest BCUT2D eigenvalue weighted by Gasteiger charge is -2.28. The van der Waals surface area contributed by atoms with Gasteiger partial charge in [-0.2, -0.15) is 0 Å². The van der Waals surface area contributed by atoms with Gasteiger partial charge in [-0.15, -0.1) is 0 Å². The topological polar surface area (TPSA) is 88.1 Å². The number of hydrogen-bond donors (Lipinski definition) is 2. The summed E-state index contributed by atoms with van der Waals surface area (Å²) in [7, 11) is 0. The fourth-order valence-electron chi connectivity index (χ4n) is 3.10. The van der Waals surface area contributed by atoms with Crippen molar-refractivity contribution in [3.05, 3.63) is 29.8 Å². The maximum atomic E-state index is 12.5. The highest BCUT2D eigenvalue weighted by molar-refractivity contribution is 5.74. The van der Waals surface area contributed by atoms with Crippen molar-refractivity contribution in [3.63, 3.8) is 0 Å². The van der Waals surface area contributed by atoms with Gasteiger partial charge in [-0.3, -0.25) is 0 Å². The van der Waals surface area contributed by atoms with E-state index in [0.29, 0.717) is 44.4 Å². The molecule has 1 unspecified atom stereocenters. The summed E-state index contributed by atoms with van der Waals surface area (Å²) in [6.45, 7) is 11.9. The molecule has 0 saturated heterocycles. The van der Waals surface area contributed by atoms with Crippen LogP contribution in [-0.4, -0.2) is 60.5 Å². The van der Waals surface area contributed by atoms with Crippen LogP contribution >= 0.6 is 0 Å². The van der Waals surface area contributed by atoms with E-state index in [0.717, 1.165) is 18.4 Å². The molecule has 30 heavy (non-hydrogen) atoms. The quantitative estimate of drug-likeness (QED) is 0.474. The standard InChI is InChI=1S/C23H38N2O5/c1-6-18(7-2)16-25(23(28)24-17(4)5)13-14-30-20-11-9-19(10-12-20)15-21(22(26)27)29-8-3/h9-12,17-18,21H,6-8,13-16H2,1-5H3,(H,24,28)(H,26,27). The van der Waals surface area contributed by atoms with Crippen LogP contribution in [0.1, 0.15) is 53.0 Å². The normalized spacial score (nSPS) is 12.1. The Morgan fingerprint density at radius 3 is 2.23 bits per heavy atom. The monoisotopic (exact) mass is 422 g/mol. The van der Waals surface area contributed by atoms with Gasteiger partial charge in [-0.1, -0.05) is 38.8 Å². The number of amides is 2. The number of carboxylic acids is 1. The van der Waals surface area contributed by atoms with Crippen LogP contribution in [-0.2, 0) is 16.0 Å². The van der Waals surface area contributed by atoms with Crippen LogP contribution in [0.25, 0.3) is 0 Å². The third kappa shape index (κ3) is 9.48. The van der Waals surface area contributed by atoms with Gasteiger partial charge in [0.2, 0.25) is 0 Å². The Morgan fingerprint density at radius 1 is 1.10 bits per heavy atom. The van der Waals surface area contributed by atoms with E-state index >= 15 is 0 Å². The molecule has 7 heteroatoms. The second-order valence-electron chi connectivity index (χ2n) is 7.71. The number of benzene rings is 1. The summed E-state index contributed by atoms with van der Waals surface area (Å²) in [6, 6.07) is 7.35. The highest BCUT2D eigenvalue weighted by Crippen LogP contribution is 2.15. The van der Waals surface area contributed by atoms with E-state index < -0.39 is 12.1 Å². The van der Waals surface area contributed by atoms with Crippen molar-refractivity contribution >= 4 is 12.0 Å². The number of rotatable bonds is 14. The van der Waals surface area contributed by atoms with Gasteiger partial charge in [0.25, 0.3) is 0 Å². The van der Waals surface area contributed by atoms with Gasteiger partial charge in [0, 0.05) is 25.6 Å². The largest absolute Gasteiger partial charge is 0.492 e. The molecule has 1 atom stereocenters. The Balaban J connectivity index is 2.62. The second-order valence-corrected chi connectivity index (χ2v) is 7.71. The lowest BCUT2D eigenvalue weighted by atomic mass is 10.0. The van der Waals surface area contributed by atoms with Crippen LogP contribution in [0.2, 0.25) is 0 Å². The fraction of sp³-hybridized carbons (Fsp3) is 0.652. The molecule has 2 N–H and O–H groups in total. The fourth-order valence-corrected chi connectivity index (χ4v) is 3.10. The molecule has 0 aromatic heterocycles. The van der Waals surface area contributed by atoms with Crippen molar-refractivity contribution < 1.29 is 24.2 Å². The van der Waals surface area contributed by atoms with Gasteiger partial charge in [0.15, 0.2) is 6.10 Å². The number of ether oxygens (including phenoxy) is 2. The van der Waals surface area contributed by atoms with E-state index in [9.17, 15) is 14.7 Å². The number of carbonyl (C=O) groups is 2. The van der Waals surface area contributed by atoms with Crippen molar-refractivity contribution in [2.75, 3.05) is 26.3 Å². The van der Waals surface area contributed by atoms with Crippen molar-refractivity contribution in [3.8, 4) is 5.75 Å². The molecule has 1 rings (SSSR count). The summed E-state index contributed by atoms with van der Waals surface area (Å²) in [5.74, 6) is 0.193. The van der Waals surface area contributed by atoms with Gasteiger partial charge in [0.05, 0.1) is 6.54 Å². The molecule has 1 aromatic carbocycles. The van der Waals surface area contributed by atoms with Crippen LogP contribution in [0, 0.1) is 5.92 Å². The number of nitrogens with zero attached hydrogens (tertiary/aromatic N) is 1. The molecule has 1 aromatic rings. The molecule has 0 heterocycles. The van der Waals surface area contributed by atoms with Gasteiger partial charge < -0.3 is 24.8 Å². The third-order valence-electron chi connectivity index (χ3n) is 4.95. The molecule has 0 fully saturated rings. The Morgan fingerprint density at radius 2 is 1.73 bits per heavy atom. The average molecular weight is 423 g/mol. The Bertz CT molecular complexity index is 629. The van der Waals surface area contributed by atoms with Crippen LogP contribution < -0.4 is 10.1 Å². The molecule has 0 aliphatic heterocycles. The molecule has 0 aliphatic carbocycles. The summed E-state index contributed by atoms with van der Waals surface area (Å²) in [5.41, 5.74) is 0.870. The zero-order chi connectivity index (χ0) is 22.5. The first-order chi connectivity index (χ1) is 14.3. The van der Waals surface area contributed by atoms with Crippen LogP contribution in [0.5, 0.6) is 5.75 Å². The SMILES string of the molecule is CCOC(Cc1ccc(OCCN(CC(CC)CC)C(=O)NC(C)C)cc1)C(=O)O. The van der Waals surface area contributed by atoms with Gasteiger partial charge >= 0.3 is 12.0 Å². The smallest absolute Gasteiger partial charge is 0.333 e. The maximum Gasteiger partial charge on any atom is 0.333 e. The van der Waals surface area contributed by atoms with E-state index in [2.05, 4.69) is 19.2 Å². The number of hydrogen-bond acceptors (Lipinski definition) is 4. The van der Waals surface area contributed by atoms with E-state index in [1.807, 2.05) is 43.0 Å². The molecule has 170 valence electrons. The van der Waals surface area contributed by atoms with Gasteiger partial charge in [-0.05, 0) is 44.4 Å².